The molecule has 1 fully saturated rings. The van der Waals surface area contributed by atoms with Gasteiger partial charge >= 0.3 is 0 Å². The van der Waals surface area contributed by atoms with Crippen molar-refractivity contribution in [2.75, 3.05) is 26.7 Å². The molecule has 5 nitrogen and oxygen atoms in total. The minimum atomic E-state index is -0.0183. The van der Waals surface area contributed by atoms with Gasteiger partial charge in [-0.2, -0.15) is 0 Å². The molecule has 1 aromatic carbocycles. The van der Waals surface area contributed by atoms with Crippen LogP contribution in [0.5, 0.6) is 5.75 Å². The van der Waals surface area contributed by atoms with Crippen LogP contribution in [0.25, 0.3) is 10.6 Å². The first-order valence-electron chi connectivity index (χ1n) is 9.77. The standard InChI is InChI=1S/C21H29N3O2S/c1-4-13-26-18-9-5-7-16(14-18)21-23-15(2)19(27-21)20(25)22-11-10-17-8-6-12-24(17)3/h5,7,9,14,17H,4,6,8,10-13H2,1-3H3,(H,22,25). The summed E-state index contributed by atoms with van der Waals surface area (Å²) in [4.78, 5) is 20.3. The molecule has 1 amide bonds. The Morgan fingerprint density at radius 1 is 1.44 bits per heavy atom. The number of benzene rings is 1. The lowest BCUT2D eigenvalue weighted by Gasteiger charge is -2.19. The second kappa shape index (κ2) is 9.33. The molecule has 146 valence electrons. The molecule has 3 rings (SSSR count). The Morgan fingerprint density at radius 3 is 3.04 bits per heavy atom. The van der Waals surface area contributed by atoms with E-state index in [2.05, 4.69) is 29.2 Å². The summed E-state index contributed by atoms with van der Waals surface area (Å²) in [5.41, 5.74) is 1.77. The third-order valence-corrected chi connectivity index (χ3v) is 6.20. The Labute approximate surface area is 165 Å². The molecule has 1 aliphatic rings. The van der Waals surface area contributed by atoms with Gasteiger partial charge in [0.15, 0.2) is 0 Å². The Kier molecular flexibility index (Phi) is 6.85. The fraction of sp³-hybridized carbons (Fsp3) is 0.524. The van der Waals surface area contributed by atoms with E-state index in [1.807, 2.05) is 31.2 Å². The fourth-order valence-corrected chi connectivity index (χ4v) is 4.42. The van der Waals surface area contributed by atoms with E-state index in [0.717, 1.165) is 41.4 Å². The van der Waals surface area contributed by atoms with Gasteiger partial charge in [0, 0.05) is 18.2 Å². The van der Waals surface area contributed by atoms with Crippen LogP contribution in [0.1, 0.15) is 48.0 Å². The van der Waals surface area contributed by atoms with Crippen LogP contribution in [0.3, 0.4) is 0 Å². The second-order valence-corrected chi connectivity index (χ2v) is 8.13. The predicted molar refractivity (Wildman–Crippen MR) is 111 cm³/mol. The number of carbonyl (C=O) groups excluding carboxylic acids is 1. The van der Waals surface area contributed by atoms with Crippen LogP contribution >= 0.6 is 11.3 Å². The van der Waals surface area contributed by atoms with Gasteiger partial charge < -0.3 is 15.0 Å². The predicted octanol–water partition coefficient (Wildman–Crippen LogP) is 4.12. The van der Waals surface area contributed by atoms with Crippen molar-refractivity contribution in [3.8, 4) is 16.3 Å². The molecule has 27 heavy (non-hydrogen) atoms. The Morgan fingerprint density at radius 2 is 2.30 bits per heavy atom. The SMILES string of the molecule is CCCOc1cccc(-c2nc(C)c(C(=O)NCCC3CCCN3C)s2)c1. The van der Waals surface area contributed by atoms with E-state index in [4.69, 9.17) is 4.74 Å². The van der Waals surface area contributed by atoms with Crippen molar-refractivity contribution < 1.29 is 9.53 Å². The van der Waals surface area contributed by atoms with Gasteiger partial charge in [0.05, 0.1) is 12.3 Å². The van der Waals surface area contributed by atoms with Crippen LogP contribution in [0.15, 0.2) is 24.3 Å². The smallest absolute Gasteiger partial charge is 0.263 e. The monoisotopic (exact) mass is 387 g/mol. The molecule has 0 radical (unpaired) electrons. The number of likely N-dealkylation sites (tertiary alicyclic amines) is 1. The number of aryl methyl sites for hydroxylation is 1. The van der Waals surface area contributed by atoms with Crippen LogP contribution < -0.4 is 10.1 Å². The molecule has 2 aromatic rings. The van der Waals surface area contributed by atoms with Gasteiger partial charge in [0.25, 0.3) is 5.91 Å². The number of nitrogens with zero attached hydrogens (tertiary/aromatic N) is 2. The number of nitrogens with one attached hydrogen (secondary N) is 1. The summed E-state index contributed by atoms with van der Waals surface area (Å²) in [6, 6.07) is 8.51. The van der Waals surface area contributed by atoms with Gasteiger partial charge in [0.2, 0.25) is 0 Å². The van der Waals surface area contributed by atoms with E-state index in [-0.39, 0.29) is 5.91 Å². The molecule has 1 aliphatic heterocycles. The van der Waals surface area contributed by atoms with Crippen LogP contribution in [0.4, 0.5) is 0 Å². The molecular formula is C21H29N3O2S. The van der Waals surface area contributed by atoms with E-state index < -0.39 is 0 Å². The topological polar surface area (TPSA) is 54.5 Å². The highest BCUT2D eigenvalue weighted by molar-refractivity contribution is 7.17. The zero-order valence-corrected chi connectivity index (χ0v) is 17.3. The second-order valence-electron chi connectivity index (χ2n) is 7.13. The molecule has 0 spiro atoms. The average Bonchev–Trinajstić information content (AvgIpc) is 3.26. The zero-order chi connectivity index (χ0) is 19.2. The van der Waals surface area contributed by atoms with Gasteiger partial charge in [-0.05, 0) is 58.3 Å². The van der Waals surface area contributed by atoms with E-state index in [1.54, 1.807) is 0 Å². The van der Waals surface area contributed by atoms with E-state index in [9.17, 15) is 4.79 Å². The van der Waals surface area contributed by atoms with Crippen molar-refractivity contribution in [2.24, 2.45) is 0 Å². The number of amides is 1. The van der Waals surface area contributed by atoms with Crippen molar-refractivity contribution in [1.82, 2.24) is 15.2 Å². The van der Waals surface area contributed by atoms with Crippen molar-refractivity contribution in [2.45, 2.75) is 45.6 Å². The first-order valence-corrected chi connectivity index (χ1v) is 10.6. The van der Waals surface area contributed by atoms with E-state index in [0.29, 0.717) is 24.1 Å². The summed E-state index contributed by atoms with van der Waals surface area (Å²) < 4.78 is 5.71. The number of thiazole rings is 1. The lowest BCUT2D eigenvalue weighted by atomic mass is 10.1. The lowest BCUT2D eigenvalue weighted by Crippen LogP contribution is -2.31. The largest absolute Gasteiger partial charge is 0.494 e. The molecule has 0 saturated carbocycles. The normalized spacial score (nSPS) is 17.2. The summed E-state index contributed by atoms with van der Waals surface area (Å²) in [6.07, 6.45) is 4.46. The maximum absolute atomic E-state index is 12.6. The van der Waals surface area contributed by atoms with Crippen molar-refractivity contribution in [3.63, 3.8) is 0 Å². The summed E-state index contributed by atoms with van der Waals surface area (Å²) >= 11 is 1.45. The minimum Gasteiger partial charge on any atom is -0.494 e. The first-order chi connectivity index (χ1) is 13.1. The lowest BCUT2D eigenvalue weighted by molar-refractivity contribution is 0.0953. The van der Waals surface area contributed by atoms with Crippen molar-refractivity contribution >= 4 is 17.2 Å². The maximum Gasteiger partial charge on any atom is 0.263 e. The molecule has 0 aliphatic carbocycles. The van der Waals surface area contributed by atoms with Gasteiger partial charge in [0.1, 0.15) is 15.6 Å². The van der Waals surface area contributed by atoms with Gasteiger partial charge in [-0.15, -0.1) is 11.3 Å². The molecule has 6 heteroatoms. The van der Waals surface area contributed by atoms with Gasteiger partial charge in [-0.3, -0.25) is 4.79 Å². The Bertz CT molecular complexity index is 775. The molecule has 1 N–H and O–H groups in total. The number of rotatable bonds is 8. The third kappa shape index (κ3) is 5.08. The molecule has 1 aromatic heterocycles. The Balaban J connectivity index is 1.62. The van der Waals surface area contributed by atoms with Crippen LogP contribution in [0.2, 0.25) is 0 Å². The van der Waals surface area contributed by atoms with Crippen LogP contribution in [0, 0.1) is 6.92 Å². The summed E-state index contributed by atoms with van der Waals surface area (Å²) in [7, 11) is 2.16. The summed E-state index contributed by atoms with van der Waals surface area (Å²) in [5, 5.41) is 3.93. The number of ether oxygens (including phenoxy) is 1. The first kappa shape index (κ1) is 19.8. The van der Waals surface area contributed by atoms with Gasteiger partial charge in [-0.25, -0.2) is 4.98 Å². The quantitative estimate of drug-likeness (QED) is 0.740. The van der Waals surface area contributed by atoms with Crippen molar-refractivity contribution in [1.29, 1.82) is 0 Å². The summed E-state index contributed by atoms with van der Waals surface area (Å²) in [6.45, 7) is 6.56. The fourth-order valence-electron chi connectivity index (χ4n) is 3.45. The Hall–Kier alpha value is -1.92. The van der Waals surface area contributed by atoms with Crippen LogP contribution in [-0.2, 0) is 0 Å². The van der Waals surface area contributed by atoms with E-state index >= 15 is 0 Å². The molecule has 0 bridgehead atoms. The number of aromatic nitrogens is 1. The minimum absolute atomic E-state index is 0.0183. The van der Waals surface area contributed by atoms with E-state index in [1.165, 1.54) is 24.2 Å². The average molecular weight is 388 g/mol. The third-order valence-electron chi connectivity index (χ3n) is 4.99. The highest BCUT2D eigenvalue weighted by atomic mass is 32.1. The molecule has 1 saturated heterocycles. The molecule has 1 unspecified atom stereocenters. The van der Waals surface area contributed by atoms with Crippen LogP contribution in [-0.4, -0.2) is 48.6 Å². The maximum atomic E-state index is 12.6. The van der Waals surface area contributed by atoms with Gasteiger partial charge in [-0.1, -0.05) is 19.1 Å². The summed E-state index contributed by atoms with van der Waals surface area (Å²) in [5.74, 6) is 0.823. The number of hydrogen-bond donors (Lipinski definition) is 1. The zero-order valence-electron chi connectivity index (χ0n) is 16.5. The molecular weight excluding hydrogens is 358 g/mol. The van der Waals surface area contributed by atoms with Crippen molar-refractivity contribution in [3.05, 3.63) is 34.8 Å². The molecule has 2 heterocycles. The number of hydrogen-bond acceptors (Lipinski definition) is 5. The molecule has 1 atom stereocenters. The highest BCUT2D eigenvalue weighted by Gasteiger charge is 2.21. The number of carbonyl (C=O) groups is 1. The highest BCUT2D eigenvalue weighted by Crippen LogP contribution is 2.30.